The maximum absolute atomic E-state index is 12.7. The predicted octanol–water partition coefficient (Wildman–Crippen LogP) is 1.61. The maximum atomic E-state index is 12.7. The highest BCUT2D eigenvalue weighted by atomic mass is 79.9. The van der Waals surface area contributed by atoms with E-state index in [9.17, 15) is 18.0 Å². The van der Waals surface area contributed by atoms with E-state index in [1.807, 2.05) is 0 Å². The highest BCUT2D eigenvalue weighted by molar-refractivity contribution is 9.10. The maximum Gasteiger partial charge on any atom is 0.409 e. The molecule has 2 rings (SSSR count). The van der Waals surface area contributed by atoms with Crippen LogP contribution in [0.15, 0.2) is 27.6 Å². The highest BCUT2D eigenvalue weighted by Crippen LogP contribution is 2.26. The van der Waals surface area contributed by atoms with Crippen molar-refractivity contribution in [3.05, 3.63) is 28.2 Å². The summed E-state index contributed by atoms with van der Waals surface area (Å²) in [6.07, 6.45) is -0.386. The van der Waals surface area contributed by atoms with Crippen LogP contribution in [0.3, 0.4) is 0 Å². The quantitative estimate of drug-likeness (QED) is 0.699. The molecular formula is C16H22BrN3O5S. The number of carbonyl (C=O) groups excluding carboxylic acids is 2. The third-order valence-corrected chi connectivity index (χ3v) is 6.84. The minimum absolute atomic E-state index is 0.0403. The number of carbonyl (C=O) groups is 2. The summed E-state index contributed by atoms with van der Waals surface area (Å²) in [6, 6.07) is 4.51. The van der Waals surface area contributed by atoms with Gasteiger partial charge in [0.1, 0.15) is 0 Å². The second kappa shape index (κ2) is 8.36. The van der Waals surface area contributed by atoms with E-state index >= 15 is 0 Å². The van der Waals surface area contributed by atoms with Gasteiger partial charge in [-0.3, -0.25) is 4.79 Å². The van der Waals surface area contributed by atoms with Gasteiger partial charge >= 0.3 is 6.09 Å². The Morgan fingerprint density at radius 3 is 2.27 bits per heavy atom. The molecule has 1 heterocycles. The molecule has 1 fully saturated rings. The summed E-state index contributed by atoms with van der Waals surface area (Å²) in [5, 5.41) is 0. The number of hydrogen-bond acceptors (Lipinski definition) is 5. The molecule has 10 heteroatoms. The van der Waals surface area contributed by atoms with Crippen LogP contribution in [0, 0.1) is 0 Å². The van der Waals surface area contributed by atoms with Crippen LogP contribution in [0.4, 0.5) is 4.79 Å². The Bertz CT molecular complexity index is 789. The number of piperazine rings is 1. The van der Waals surface area contributed by atoms with Gasteiger partial charge in [-0.1, -0.05) is 0 Å². The van der Waals surface area contributed by atoms with Gasteiger partial charge in [-0.15, -0.1) is 0 Å². The first-order chi connectivity index (χ1) is 12.2. The summed E-state index contributed by atoms with van der Waals surface area (Å²) in [4.78, 5) is 27.6. The van der Waals surface area contributed by atoms with Crippen LogP contribution in [0.25, 0.3) is 0 Å². The van der Waals surface area contributed by atoms with E-state index in [4.69, 9.17) is 4.74 Å². The van der Waals surface area contributed by atoms with E-state index in [1.165, 1.54) is 20.2 Å². The van der Waals surface area contributed by atoms with Crippen molar-refractivity contribution in [2.75, 3.05) is 46.9 Å². The Kier molecular flexibility index (Phi) is 6.64. The summed E-state index contributed by atoms with van der Waals surface area (Å²) in [5.74, 6) is -0.267. The Labute approximate surface area is 161 Å². The topological polar surface area (TPSA) is 87.2 Å². The number of benzene rings is 1. The molecule has 0 spiro atoms. The number of rotatable bonds is 4. The van der Waals surface area contributed by atoms with Gasteiger partial charge < -0.3 is 14.5 Å². The molecule has 0 saturated carbocycles. The lowest BCUT2D eigenvalue weighted by Gasteiger charge is -2.34. The number of amides is 2. The van der Waals surface area contributed by atoms with Crippen LogP contribution < -0.4 is 0 Å². The van der Waals surface area contributed by atoms with E-state index in [1.54, 1.807) is 28.9 Å². The molecule has 1 aromatic carbocycles. The molecule has 0 bridgehead atoms. The molecule has 1 saturated heterocycles. The molecule has 0 atom stereocenters. The van der Waals surface area contributed by atoms with E-state index in [2.05, 4.69) is 15.9 Å². The second-order valence-corrected chi connectivity index (χ2v) is 8.89. The molecule has 0 unspecified atom stereocenters. The number of sulfonamides is 1. The number of hydrogen-bond donors (Lipinski definition) is 0. The minimum atomic E-state index is -3.67. The van der Waals surface area contributed by atoms with Crippen molar-refractivity contribution >= 4 is 38.0 Å². The average molecular weight is 448 g/mol. The number of ether oxygens (including phenoxy) is 1. The molecule has 2 amide bonds. The molecule has 8 nitrogen and oxygen atoms in total. The summed E-state index contributed by atoms with van der Waals surface area (Å²) in [7, 11) is -0.804. The van der Waals surface area contributed by atoms with E-state index in [0.29, 0.717) is 42.8 Å². The molecule has 1 aromatic rings. The van der Waals surface area contributed by atoms with Crippen molar-refractivity contribution in [3.63, 3.8) is 0 Å². The number of nitrogens with zero attached hydrogens (tertiary/aromatic N) is 3. The van der Waals surface area contributed by atoms with Gasteiger partial charge in [-0.05, 0) is 41.1 Å². The van der Waals surface area contributed by atoms with Crippen molar-refractivity contribution in [3.8, 4) is 0 Å². The Balaban J connectivity index is 2.15. The first-order valence-electron chi connectivity index (χ1n) is 8.11. The molecule has 0 aromatic heterocycles. The van der Waals surface area contributed by atoms with Gasteiger partial charge in [0.25, 0.3) is 5.91 Å². The summed E-state index contributed by atoms with van der Waals surface area (Å²) in [6.45, 7) is 3.53. The smallest absolute Gasteiger partial charge is 0.409 e. The fourth-order valence-corrected chi connectivity index (χ4v) is 4.36. The average Bonchev–Trinajstić information content (AvgIpc) is 2.61. The molecule has 144 valence electrons. The summed E-state index contributed by atoms with van der Waals surface area (Å²) >= 11 is 3.23. The van der Waals surface area contributed by atoms with E-state index < -0.39 is 10.0 Å². The van der Waals surface area contributed by atoms with Gasteiger partial charge in [0.2, 0.25) is 10.0 Å². The zero-order chi connectivity index (χ0) is 19.5. The normalized spacial score (nSPS) is 15.3. The third kappa shape index (κ3) is 4.36. The molecular weight excluding hydrogens is 426 g/mol. The monoisotopic (exact) mass is 447 g/mol. The Hall–Kier alpha value is -1.65. The van der Waals surface area contributed by atoms with Crippen molar-refractivity contribution in [1.29, 1.82) is 0 Å². The SMILES string of the molecule is CCOC(=O)N1CCN(C(=O)c2ccc(Br)c(S(=O)(=O)N(C)C)c2)CC1. The van der Waals surface area contributed by atoms with Gasteiger partial charge in [0.15, 0.2) is 0 Å². The van der Waals surface area contributed by atoms with Crippen molar-refractivity contribution < 1.29 is 22.7 Å². The van der Waals surface area contributed by atoms with Crippen molar-refractivity contribution in [2.45, 2.75) is 11.8 Å². The van der Waals surface area contributed by atoms with Crippen LogP contribution in [-0.4, -0.2) is 81.4 Å². The van der Waals surface area contributed by atoms with E-state index in [0.717, 1.165) is 4.31 Å². The first kappa shape index (κ1) is 20.7. The fourth-order valence-electron chi connectivity index (χ4n) is 2.52. The number of halogens is 1. The molecule has 0 radical (unpaired) electrons. The van der Waals surface area contributed by atoms with Crippen molar-refractivity contribution in [2.24, 2.45) is 0 Å². The van der Waals surface area contributed by atoms with Crippen LogP contribution >= 0.6 is 15.9 Å². The standard InChI is InChI=1S/C16H22BrN3O5S/c1-4-25-16(22)20-9-7-19(8-10-20)15(21)12-5-6-13(17)14(11-12)26(23,24)18(2)3/h5-6,11H,4,7-10H2,1-3H3. The lowest BCUT2D eigenvalue weighted by atomic mass is 10.2. The summed E-state index contributed by atoms with van der Waals surface area (Å²) in [5.41, 5.74) is 0.290. The minimum Gasteiger partial charge on any atom is -0.450 e. The van der Waals surface area contributed by atoms with Crippen LogP contribution in [0.2, 0.25) is 0 Å². The molecule has 0 aliphatic carbocycles. The largest absolute Gasteiger partial charge is 0.450 e. The first-order valence-corrected chi connectivity index (χ1v) is 10.3. The zero-order valence-corrected chi connectivity index (χ0v) is 17.3. The molecule has 26 heavy (non-hydrogen) atoms. The lowest BCUT2D eigenvalue weighted by Crippen LogP contribution is -2.50. The van der Waals surface area contributed by atoms with Gasteiger partial charge in [0.05, 0.1) is 11.5 Å². The molecule has 1 aliphatic heterocycles. The van der Waals surface area contributed by atoms with Crippen LogP contribution in [0.1, 0.15) is 17.3 Å². The van der Waals surface area contributed by atoms with E-state index in [-0.39, 0.29) is 16.9 Å². The third-order valence-electron chi connectivity index (χ3n) is 4.03. The zero-order valence-electron chi connectivity index (χ0n) is 14.9. The van der Waals surface area contributed by atoms with Gasteiger partial charge in [-0.25, -0.2) is 17.5 Å². The van der Waals surface area contributed by atoms with Crippen molar-refractivity contribution in [1.82, 2.24) is 14.1 Å². The van der Waals surface area contributed by atoms with Gasteiger partial charge in [-0.2, -0.15) is 0 Å². The van der Waals surface area contributed by atoms with Crippen LogP contribution in [0.5, 0.6) is 0 Å². The fraction of sp³-hybridized carbons (Fsp3) is 0.500. The second-order valence-electron chi connectivity index (χ2n) is 5.91. The van der Waals surface area contributed by atoms with Gasteiger partial charge in [0, 0.05) is 50.3 Å². The predicted molar refractivity (Wildman–Crippen MR) is 99.5 cm³/mol. The molecule has 1 aliphatic rings. The highest BCUT2D eigenvalue weighted by Gasteiger charge is 2.27. The lowest BCUT2D eigenvalue weighted by molar-refractivity contribution is 0.0570. The Morgan fingerprint density at radius 2 is 1.73 bits per heavy atom. The summed E-state index contributed by atoms with van der Waals surface area (Å²) < 4.78 is 31.2. The molecule has 0 N–H and O–H groups in total. The Morgan fingerprint density at radius 1 is 1.15 bits per heavy atom. The van der Waals surface area contributed by atoms with Crippen LogP contribution in [-0.2, 0) is 14.8 Å².